The van der Waals surface area contributed by atoms with Gasteiger partial charge >= 0.3 is 0 Å². The second-order valence-electron chi connectivity index (χ2n) is 2.25. The zero-order chi connectivity index (χ0) is 10.3. The molecule has 72 valence electrons. The molecule has 1 rings (SSSR count). The molecule has 0 aromatic heterocycles. The summed E-state index contributed by atoms with van der Waals surface area (Å²) in [6.07, 6.45) is 1.36. The fourth-order valence-electron chi connectivity index (χ4n) is 0.814. The summed E-state index contributed by atoms with van der Waals surface area (Å²) in [5, 5.41) is 0. The monoisotopic (exact) mass is 179 g/mol. The molecule has 0 saturated carbocycles. The van der Waals surface area contributed by atoms with Crippen LogP contribution >= 0.6 is 0 Å². The van der Waals surface area contributed by atoms with Crippen LogP contribution in [0.3, 0.4) is 0 Å². The fraction of sp³-hybridized carbons (Fsp3) is 0.200. The SMILES string of the molecule is CC.N/C=C(\N)c1cccc(N)c1. The Morgan fingerprint density at radius 3 is 2.38 bits per heavy atom. The summed E-state index contributed by atoms with van der Waals surface area (Å²) in [6.45, 7) is 4.00. The van der Waals surface area contributed by atoms with Gasteiger partial charge in [0.2, 0.25) is 0 Å². The molecule has 1 aromatic carbocycles. The molecule has 1 aromatic rings. The van der Waals surface area contributed by atoms with Gasteiger partial charge in [0.25, 0.3) is 0 Å². The number of hydrogen-bond donors (Lipinski definition) is 3. The lowest BCUT2D eigenvalue weighted by molar-refractivity contribution is 1.46. The highest BCUT2D eigenvalue weighted by Gasteiger charge is 1.93. The van der Waals surface area contributed by atoms with E-state index in [2.05, 4.69) is 0 Å². The minimum absolute atomic E-state index is 0.539. The Kier molecular flexibility index (Phi) is 5.19. The number of nitrogens with two attached hydrogens (primary N) is 3. The first-order valence-corrected chi connectivity index (χ1v) is 4.27. The Morgan fingerprint density at radius 2 is 1.92 bits per heavy atom. The molecule has 3 nitrogen and oxygen atoms in total. The summed E-state index contributed by atoms with van der Waals surface area (Å²) in [5.74, 6) is 0. The third-order valence-electron chi connectivity index (χ3n) is 1.40. The minimum atomic E-state index is 0.539. The van der Waals surface area contributed by atoms with Crippen molar-refractivity contribution in [3.05, 3.63) is 36.0 Å². The zero-order valence-corrected chi connectivity index (χ0v) is 8.12. The Hall–Kier alpha value is -1.64. The molecule has 0 spiro atoms. The molecule has 0 aliphatic carbocycles. The molecule has 0 heterocycles. The van der Waals surface area contributed by atoms with Crippen LogP contribution in [0.15, 0.2) is 30.5 Å². The molecule has 6 N–H and O–H groups in total. The topological polar surface area (TPSA) is 78.1 Å². The predicted octanol–water partition coefficient (Wildman–Crippen LogP) is 1.51. The van der Waals surface area contributed by atoms with Crippen molar-refractivity contribution in [2.24, 2.45) is 11.5 Å². The molecule has 0 radical (unpaired) electrons. The third-order valence-corrected chi connectivity index (χ3v) is 1.40. The van der Waals surface area contributed by atoms with Gasteiger partial charge in [-0.15, -0.1) is 0 Å². The van der Waals surface area contributed by atoms with Gasteiger partial charge in [0.15, 0.2) is 0 Å². The first-order chi connectivity index (χ1) is 6.24. The third kappa shape index (κ3) is 3.51. The van der Waals surface area contributed by atoms with Crippen molar-refractivity contribution < 1.29 is 0 Å². The van der Waals surface area contributed by atoms with Gasteiger partial charge in [-0.2, -0.15) is 0 Å². The molecule has 13 heavy (non-hydrogen) atoms. The van der Waals surface area contributed by atoms with Crippen LogP contribution in [-0.2, 0) is 0 Å². The first-order valence-electron chi connectivity index (χ1n) is 4.27. The zero-order valence-electron chi connectivity index (χ0n) is 8.12. The molecule has 0 unspecified atom stereocenters. The van der Waals surface area contributed by atoms with Gasteiger partial charge in [0.1, 0.15) is 0 Å². The number of nitrogen functional groups attached to an aromatic ring is 1. The van der Waals surface area contributed by atoms with Crippen LogP contribution < -0.4 is 17.2 Å². The second kappa shape index (κ2) is 5.94. The lowest BCUT2D eigenvalue weighted by Gasteiger charge is -2.00. The van der Waals surface area contributed by atoms with E-state index in [-0.39, 0.29) is 0 Å². The van der Waals surface area contributed by atoms with E-state index in [1.54, 1.807) is 12.1 Å². The van der Waals surface area contributed by atoms with Crippen LogP contribution in [0.5, 0.6) is 0 Å². The van der Waals surface area contributed by atoms with Crippen LogP contribution in [0.4, 0.5) is 5.69 Å². The molecule has 0 atom stereocenters. The number of anilines is 1. The highest BCUT2D eigenvalue weighted by atomic mass is 14.6. The minimum Gasteiger partial charge on any atom is -0.403 e. The van der Waals surface area contributed by atoms with Crippen molar-refractivity contribution in [2.45, 2.75) is 13.8 Å². The summed E-state index contributed by atoms with van der Waals surface area (Å²) in [7, 11) is 0. The fourth-order valence-corrected chi connectivity index (χ4v) is 0.814. The molecular weight excluding hydrogens is 162 g/mol. The molecule has 0 aliphatic heterocycles. The predicted molar refractivity (Wildman–Crippen MR) is 58.6 cm³/mol. The average molecular weight is 179 g/mol. The van der Waals surface area contributed by atoms with Crippen LogP contribution in [0.2, 0.25) is 0 Å². The molecule has 3 heteroatoms. The standard InChI is InChI=1S/C8H11N3.C2H6/c9-5-8(11)6-2-1-3-7(10)4-6;1-2/h1-5H,9-11H2;1-2H3/b8-5-;. The van der Waals surface area contributed by atoms with Crippen molar-refractivity contribution in [1.29, 1.82) is 0 Å². The van der Waals surface area contributed by atoms with Gasteiger partial charge in [-0.3, -0.25) is 0 Å². The van der Waals surface area contributed by atoms with E-state index in [0.29, 0.717) is 11.4 Å². The molecule has 0 amide bonds. The van der Waals surface area contributed by atoms with E-state index in [1.165, 1.54) is 6.20 Å². The number of hydrogen-bond acceptors (Lipinski definition) is 3. The molecule has 0 fully saturated rings. The summed E-state index contributed by atoms with van der Waals surface area (Å²) in [5.41, 5.74) is 18.4. The van der Waals surface area contributed by atoms with Crippen molar-refractivity contribution in [3.8, 4) is 0 Å². The Labute approximate surface area is 79.2 Å². The maximum atomic E-state index is 5.54. The highest BCUT2D eigenvalue weighted by Crippen LogP contribution is 2.11. The lowest BCUT2D eigenvalue weighted by Crippen LogP contribution is -1.99. The van der Waals surface area contributed by atoms with E-state index < -0.39 is 0 Å². The van der Waals surface area contributed by atoms with Crippen molar-refractivity contribution in [2.75, 3.05) is 5.73 Å². The summed E-state index contributed by atoms with van der Waals surface area (Å²) in [6, 6.07) is 7.27. The van der Waals surface area contributed by atoms with Gasteiger partial charge in [0, 0.05) is 17.5 Å². The van der Waals surface area contributed by atoms with E-state index in [9.17, 15) is 0 Å². The number of benzene rings is 1. The van der Waals surface area contributed by atoms with Crippen LogP contribution in [0.1, 0.15) is 19.4 Å². The normalized spacial score (nSPS) is 10.2. The smallest absolute Gasteiger partial charge is 0.0545 e. The van der Waals surface area contributed by atoms with E-state index >= 15 is 0 Å². The van der Waals surface area contributed by atoms with Crippen LogP contribution in [0, 0.1) is 0 Å². The van der Waals surface area contributed by atoms with Crippen molar-refractivity contribution in [1.82, 2.24) is 0 Å². The van der Waals surface area contributed by atoms with Crippen molar-refractivity contribution >= 4 is 11.4 Å². The quantitative estimate of drug-likeness (QED) is 0.572. The Balaban J connectivity index is 0.000000671. The average Bonchev–Trinajstić information content (AvgIpc) is 2.20. The van der Waals surface area contributed by atoms with E-state index in [4.69, 9.17) is 17.2 Å². The largest absolute Gasteiger partial charge is 0.403 e. The van der Waals surface area contributed by atoms with Gasteiger partial charge < -0.3 is 17.2 Å². The van der Waals surface area contributed by atoms with Crippen LogP contribution in [-0.4, -0.2) is 0 Å². The van der Waals surface area contributed by atoms with E-state index in [1.807, 2.05) is 26.0 Å². The van der Waals surface area contributed by atoms with E-state index in [0.717, 1.165) is 5.56 Å². The Bertz CT molecular complexity index is 279. The summed E-state index contributed by atoms with van der Waals surface area (Å²) < 4.78 is 0. The van der Waals surface area contributed by atoms with Gasteiger partial charge in [-0.05, 0) is 12.1 Å². The molecule has 0 aliphatic rings. The lowest BCUT2D eigenvalue weighted by atomic mass is 10.1. The maximum absolute atomic E-state index is 5.54. The van der Waals surface area contributed by atoms with Gasteiger partial charge in [-0.25, -0.2) is 0 Å². The number of rotatable bonds is 1. The molecule has 0 saturated heterocycles. The first kappa shape index (κ1) is 11.4. The molecule has 0 bridgehead atoms. The van der Waals surface area contributed by atoms with Gasteiger partial charge in [0.05, 0.1) is 5.70 Å². The Morgan fingerprint density at radius 1 is 1.31 bits per heavy atom. The van der Waals surface area contributed by atoms with Gasteiger partial charge in [-0.1, -0.05) is 26.0 Å². The summed E-state index contributed by atoms with van der Waals surface area (Å²) >= 11 is 0. The highest BCUT2D eigenvalue weighted by molar-refractivity contribution is 5.65. The second-order valence-corrected chi connectivity index (χ2v) is 2.25. The summed E-state index contributed by atoms with van der Waals surface area (Å²) in [4.78, 5) is 0. The molecular formula is C10H17N3. The van der Waals surface area contributed by atoms with Crippen LogP contribution in [0.25, 0.3) is 5.70 Å². The maximum Gasteiger partial charge on any atom is 0.0545 e. The van der Waals surface area contributed by atoms with Crippen molar-refractivity contribution in [3.63, 3.8) is 0 Å².